The van der Waals surface area contributed by atoms with Crippen LogP contribution in [0.2, 0.25) is 0 Å². The van der Waals surface area contributed by atoms with Gasteiger partial charge in [-0.05, 0) is 26.9 Å². The largest absolute Gasteiger partial charge is 0.389 e. The highest BCUT2D eigenvalue weighted by atomic mass is 16.3. The van der Waals surface area contributed by atoms with Crippen molar-refractivity contribution < 1.29 is 5.11 Å². The van der Waals surface area contributed by atoms with Crippen LogP contribution in [0.3, 0.4) is 0 Å². The second kappa shape index (κ2) is 7.56. The lowest BCUT2D eigenvalue weighted by Crippen LogP contribution is -2.38. The van der Waals surface area contributed by atoms with Crippen molar-refractivity contribution in [2.75, 3.05) is 19.6 Å². The Labute approximate surface area is 77.6 Å². The SMILES string of the molecule is CC.CCN(CC)CC(C)(C)O. The monoisotopic (exact) mass is 175 g/mol. The normalized spacial score (nSPS) is 11.0. The molecule has 0 aliphatic heterocycles. The zero-order valence-corrected chi connectivity index (χ0v) is 9.52. The van der Waals surface area contributed by atoms with Gasteiger partial charge in [-0.3, -0.25) is 0 Å². The van der Waals surface area contributed by atoms with E-state index in [-0.39, 0.29) is 0 Å². The minimum Gasteiger partial charge on any atom is -0.389 e. The summed E-state index contributed by atoms with van der Waals surface area (Å²) in [4.78, 5) is 2.21. The van der Waals surface area contributed by atoms with E-state index in [2.05, 4.69) is 18.7 Å². The third-order valence-electron chi connectivity index (χ3n) is 1.50. The minimum atomic E-state index is -0.550. The predicted octanol–water partition coefficient (Wildman–Crippen LogP) is 2.13. The molecule has 2 nitrogen and oxygen atoms in total. The van der Waals surface area contributed by atoms with Gasteiger partial charge in [0.05, 0.1) is 5.60 Å². The Balaban J connectivity index is 0. The Bertz CT molecular complexity index is 82.3. The van der Waals surface area contributed by atoms with Crippen molar-refractivity contribution in [1.82, 2.24) is 4.90 Å². The fraction of sp³-hybridized carbons (Fsp3) is 1.00. The number of nitrogens with zero attached hydrogens (tertiary/aromatic N) is 1. The third-order valence-corrected chi connectivity index (χ3v) is 1.50. The summed E-state index contributed by atoms with van der Waals surface area (Å²) in [5.41, 5.74) is -0.550. The number of likely N-dealkylation sites (N-methyl/N-ethyl adjacent to an activating group) is 1. The van der Waals surface area contributed by atoms with Gasteiger partial charge in [-0.25, -0.2) is 0 Å². The molecule has 0 spiro atoms. The third kappa shape index (κ3) is 9.92. The van der Waals surface area contributed by atoms with E-state index >= 15 is 0 Å². The first-order valence-electron chi connectivity index (χ1n) is 4.94. The van der Waals surface area contributed by atoms with Gasteiger partial charge in [0.1, 0.15) is 0 Å². The first kappa shape index (κ1) is 14.4. The average molecular weight is 175 g/mol. The Kier molecular flexibility index (Phi) is 9.10. The zero-order chi connectivity index (χ0) is 10.2. The van der Waals surface area contributed by atoms with Gasteiger partial charge < -0.3 is 10.0 Å². The summed E-state index contributed by atoms with van der Waals surface area (Å²) in [7, 11) is 0. The molecule has 0 heterocycles. The molecule has 0 amide bonds. The lowest BCUT2D eigenvalue weighted by Gasteiger charge is -2.26. The standard InChI is InChI=1S/C8H19NO.C2H6/c1-5-9(6-2)7-8(3,4)10;1-2/h10H,5-7H2,1-4H3;1-2H3. The molecule has 0 aromatic carbocycles. The fourth-order valence-corrected chi connectivity index (χ4v) is 0.994. The van der Waals surface area contributed by atoms with Crippen molar-refractivity contribution >= 4 is 0 Å². The van der Waals surface area contributed by atoms with Crippen LogP contribution in [0, 0.1) is 0 Å². The van der Waals surface area contributed by atoms with Crippen molar-refractivity contribution in [1.29, 1.82) is 0 Å². The van der Waals surface area contributed by atoms with Gasteiger partial charge in [0.25, 0.3) is 0 Å². The highest BCUT2D eigenvalue weighted by Gasteiger charge is 2.15. The Morgan fingerprint density at radius 2 is 1.42 bits per heavy atom. The van der Waals surface area contributed by atoms with Crippen LogP contribution < -0.4 is 0 Å². The van der Waals surface area contributed by atoms with Crippen molar-refractivity contribution in [3.05, 3.63) is 0 Å². The van der Waals surface area contributed by atoms with Crippen LogP contribution in [-0.2, 0) is 0 Å². The number of hydrogen-bond acceptors (Lipinski definition) is 2. The summed E-state index contributed by atoms with van der Waals surface area (Å²) >= 11 is 0. The Morgan fingerprint density at radius 3 is 1.50 bits per heavy atom. The summed E-state index contributed by atoms with van der Waals surface area (Å²) in [6.07, 6.45) is 0. The van der Waals surface area contributed by atoms with Crippen molar-refractivity contribution in [3.63, 3.8) is 0 Å². The van der Waals surface area contributed by atoms with E-state index in [1.165, 1.54) is 0 Å². The van der Waals surface area contributed by atoms with E-state index in [1.807, 2.05) is 27.7 Å². The smallest absolute Gasteiger partial charge is 0.0718 e. The topological polar surface area (TPSA) is 23.5 Å². The quantitative estimate of drug-likeness (QED) is 0.707. The van der Waals surface area contributed by atoms with Gasteiger partial charge in [0.2, 0.25) is 0 Å². The molecule has 1 N–H and O–H groups in total. The molecule has 12 heavy (non-hydrogen) atoms. The molecule has 0 radical (unpaired) electrons. The molecular weight excluding hydrogens is 150 g/mol. The molecule has 0 rings (SSSR count). The van der Waals surface area contributed by atoms with Gasteiger partial charge in [0.15, 0.2) is 0 Å². The van der Waals surface area contributed by atoms with E-state index < -0.39 is 5.60 Å². The van der Waals surface area contributed by atoms with Crippen LogP contribution in [0.25, 0.3) is 0 Å². The van der Waals surface area contributed by atoms with Gasteiger partial charge in [-0.2, -0.15) is 0 Å². The van der Waals surface area contributed by atoms with Gasteiger partial charge in [-0.1, -0.05) is 27.7 Å². The highest BCUT2D eigenvalue weighted by molar-refractivity contribution is 4.70. The molecule has 0 saturated carbocycles. The first-order chi connectivity index (χ1) is 5.49. The summed E-state index contributed by atoms with van der Waals surface area (Å²) in [5, 5.41) is 9.41. The van der Waals surface area contributed by atoms with Crippen LogP contribution >= 0.6 is 0 Å². The second-order valence-corrected chi connectivity index (χ2v) is 3.27. The summed E-state index contributed by atoms with van der Waals surface area (Å²) in [6, 6.07) is 0. The van der Waals surface area contributed by atoms with Crippen LogP contribution in [0.15, 0.2) is 0 Å². The fourth-order valence-electron chi connectivity index (χ4n) is 0.994. The lowest BCUT2D eigenvalue weighted by atomic mass is 10.1. The van der Waals surface area contributed by atoms with E-state index in [0.717, 1.165) is 19.6 Å². The predicted molar refractivity (Wildman–Crippen MR) is 55.4 cm³/mol. The first-order valence-corrected chi connectivity index (χ1v) is 4.94. The maximum absolute atomic E-state index is 9.41. The summed E-state index contributed by atoms with van der Waals surface area (Å²) < 4.78 is 0. The maximum atomic E-state index is 9.41. The van der Waals surface area contributed by atoms with Gasteiger partial charge >= 0.3 is 0 Å². The maximum Gasteiger partial charge on any atom is 0.0718 e. The Morgan fingerprint density at radius 1 is 1.08 bits per heavy atom. The van der Waals surface area contributed by atoms with Crippen molar-refractivity contribution in [2.24, 2.45) is 0 Å². The molecule has 2 heteroatoms. The average Bonchev–Trinajstić information content (AvgIpc) is 2.02. The lowest BCUT2D eigenvalue weighted by molar-refractivity contribution is 0.0396. The van der Waals surface area contributed by atoms with Gasteiger partial charge in [-0.15, -0.1) is 0 Å². The molecule has 0 atom stereocenters. The van der Waals surface area contributed by atoms with E-state index in [1.54, 1.807) is 0 Å². The highest BCUT2D eigenvalue weighted by Crippen LogP contribution is 2.03. The minimum absolute atomic E-state index is 0.550. The molecular formula is C10H25NO. The second-order valence-electron chi connectivity index (χ2n) is 3.27. The molecule has 0 aliphatic rings. The summed E-state index contributed by atoms with van der Waals surface area (Å²) in [6.45, 7) is 14.7. The van der Waals surface area contributed by atoms with Crippen LogP contribution in [0.1, 0.15) is 41.5 Å². The number of rotatable bonds is 4. The number of hydrogen-bond donors (Lipinski definition) is 1. The molecule has 0 fully saturated rings. The molecule has 0 unspecified atom stereocenters. The van der Waals surface area contributed by atoms with Crippen molar-refractivity contribution in [2.45, 2.75) is 47.1 Å². The molecule has 76 valence electrons. The molecule has 0 saturated heterocycles. The van der Waals surface area contributed by atoms with Gasteiger partial charge in [0, 0.05) is 6.54 Å². The number of aliphatic hydroxyl groups is 1. The van der Waals surface area contributed by atoms with Crippen LogP contribution in [0.5, 0.6) is 0 Å². The van der Waals surface area contributed by atoms with Crippen LogP contribution in [0.4, 0.5) is 0 Å². The van der Waals surface area contributed by atoms with E-state index in [0.29, 0.717) is 0 Å². The molecule has 0 aliphatic carbocycles. The molecule has 0 bridgehead atoms. The zero-order valence-electron chi connectivity index (χ0n) is 9.52. The summed E-state index contributed by atoms with van der Waals surface area (Å²) in [5.74, 6) is 0. The molecule has 0 aromatic heterocycles. The van der Waals surface area contributed by atoms with Crippen LogP contribution in [-0.4, -0.2) is 35.2 Å². The Hall–Kier alpha value is -0.0800. The molecule has 0 aromatic rings. The van der Waals surface area contributed by atoms with Crippen molar-refractivity contribution in [3.8, 4) is 0 Å². The van der Waals surface area contributed by atoms with E-state index in [4.69, 9.17) is 0 Å². The van der Waals surface area contributed by atoms with E-state index in [9.17, 15) is 5.11 Å².